The van der Waals surface area contributed by atoms with E-state index in [0.29, 0.717) is 6.54 Å². The van der Waals surface area contributed by atoms with Gasteiger partial charge in [0.1, 0.15) is 0 Å². The summed E-state index contributed by atoms with van der Waals surface area (Å²) in [6, 6.07) is 9.91. The van der Waals surface area contributed by atoms with Gasteiger partial charge in [-0.2, -0.15) is 5.10 Å². The Morgan fingerprint density at radius 2 is 2.00 bits per heavy atom. The van der Waals surface area contributed by atoms with Crippen LogP contribution in [0.1, 0.15) is 5.56 Å². The molecule has 2 N–H and O–H groups in total. The number of aromatic nitrogens is 4. The Morgan fingerprint density at radius 1 is 1.12 bits per heavy atom. The SMILES string of the molecule is CN=C(NCCn1cccc1)NCc1ccnc(-n2cccn2)c1. The summed E-state index contributed by atoms with van der Waals surface area (Å²) in [4.78, 5) is 8.58. The molecule has 7 heteroatoms. The summed E-state index contributed by atoms with van der Waals surface area (Å²) in [5, 5.41) is 10.8. The van der Waals surface area contributed by atoms with E-state index in [2.05, 4.69) is 30.3 Å². The molecule has 0 saturated heterocycles. The number of nitrogens with zero attached hydrogens (tertiary/aromatic N) is 5. The predicted octanol–water partition coefficient (Wildman–Crippen LogP) is 1.43. The summed E-state index contributed by atoms with van der Waals surface area (Å²) in [6.45, 7) is 2.37. The van der Waals surface area contributed by atoms with Crippen molar-refractivity contribution in [3.8, 4) is 5.82 Å². The number of hydrogen-bond donors (Lipinski definition) is 2. The average molecular weight is 323 g/mol. The summed E-state index contributed by atoms with van der Waals surface area (Å²) in [5.41, 5.74) is 1.11. The van der Waals surface area contributed by atoms with E-state index in [9.17, 15) is 0 Å². The molecule has 0 spiro atoms. The highest BCUT2D eigenvalue weighted by atomic mass is 15.3. The van der Waals surface area contributed by atoms with Crippen molar-refractivity contribution in [2.75, 3.05) is 13.6 Å². The van der Waals surface area contributed by atoms with Gasteiger partial charge in [0, 0.05) is 57.7 Å². The molecule has 0 fully saturated rings. The first-order valence-electron chi connectivity index (χ1n) is 7.85. The van der Waals surface area contributed by atoms with Gasteiger partial charge >= 0.3 is 0 Å². The molecule has 0 unspecified atom stereocenters. The number of rotatable bonds is 6. The molecule has 3 aromatic heterocycles. The van der Waals surface area contributed by atoms with Gasteiger partial charge in [-0.15, -0.1) is 0 Å². The largest absolute Gasteiger partial charge is 0.355 e. The molecule has 0 radical (unpaired) electrons. The molecule has 0 bridgehead atoms. The van der Waals surface area contributed by atoms with E-state index >= 15 is 0 Å². The van der Waals surface area contributed by atoms with Gasteiger partial charge in [0.15, 0.2) is 11.8 Å². The van der Waals surface area contributed by atoms with Crippen molar-refractivity contribution in [1.29, 1.82) is 0 Å². The Hall–Kier alpha value is -3.09. The first kappa shape index (κ1) is 15.8. The molecule has 0 aromatic carbocycles. The van der Waals surface area contributed by atoms with E-state index in [0.717, 1.165) is 30.4 Å². The van der Waals surface area contributed by atoms with Gasteiger partial charge in [-0.05, 0) is 35.9 Å². The van der Waals surface area contributed by atoms with Crippen LogP contribution in [0.4, 0.5) is 0 Å². The van der Waals surface area contributed by atoms with Crippen LogP contribution >= 0.6 is 0 Å². The molecule has 0 aliphatic carbocycles. The number of aliphatic imine (C=N–C) groups is 1. The molecule has 3 heterocycles. The fraction of sp³-hybridized carbons (Fsp3) is 0.235. The van der Waals surface area contributed by atoms with Gasteiger partial charge in [0.25, 0.3) is 0 Å². The van der Waals surface area contributed by atoms with Crippen molar-refractivity contribution in [2.45, 2.75) is 13.1 Å². The molecule has 0 aliphatic rings. The average Bonchev–Trinajstić information content (AvgIpc) is 3.31. The molecule has 7 nitrogen and oxygen atoms in total. The lowest BCUT2D eigenvalue weighted by Gasteiger charge is -2.12. The van der Waals surface area contributed by atoms with E-state index in [-0.39, 0.29) is 0 Å². The van der Waals surface area contributed by atoms with Crippen LogP contribution < -0.4 is 10.6 Å². The standard InChI is InChI=1S/C17H21N7/c1-18-17(20-8-12-23-9-2-3-10-23)21-14-15-5-7-19-16(13-15)24-11-4-6-22-24/h2-7,9-11,13H,8,12,14H2,1H3,(H2,18,20,21). The van der Waals surface area contributed by atoms with Crippen molar-refractivity contribution in [3.05, 3.63) is 66.9 Å². The summed E-state index contributed by atoms with van der Waals surface area (Å²) >= 11 is 0. The highest BCUT2D eigenvalue weighted by molar-refractivity contribution is 5.79. The van der Waals surface area contributed by atoms with Crippen LogP contribution in [-0.2, 0) is 13.1 Å². The first-order valence-corrected chi connectivity index (χ1v) is 7.85. The van der Waals surface area contributed by atoms with Crippen LogP contribution in [0, 0.1) is 0 Å². The monoisotopic (exact) mass is 323 g/mol. The lowest BCUT2D eigenvalue weighted by atomic mass is 10.2. The quantitative estimate of drug-likeness (QED) is 0.532. The first-order chi connectivity index (χ1) is 11.8. The molecule has 3 aromatic rings. The van der Waals surface area contributed by atoms with Gasteiger partial charge in [0.05, 0.1) is 0 Å². The summed E-state index contributed by atoms with van der Waals surface area (Å²) in [7, 11) is 1.77. The maximum Gasteiger partial charge on any atom is 0.191 e. The highest BCUT2D eigenvalue weighted by Crippen LogP contribution is 2.05. The van der Waals surface area contributed by atoms with E-state index < -0.39 is 0 Å². The normalized spacial score (nSPS) is 11.5. The Labute approximate surface area is 141 Å². The fourth-order valence-corrected chi connectivity index (χ4v) is 2.33. The van der Waals surface area contributed by atoms with Crippen LogP contribution in [0.5, 0.6) is 0 Å². The van der Waals surface area contributed by atoms with Gasteiger partial charge in [0.2, 0.25) is 0 Å². The number of nitrogens with one attached hydrogen (secondary N) is 2. The zero-order valence-electron chi connectivity index (χ0n) is 13.6. The van der Waals surface area contributed by atoms with Crippen LogP contribution in [0.3, 0.4) is 0 Å². The Morgan fingerprint density at radius 3 is 2.75 bits per heavy atom. The smallest absolute Gasteiger partial charge is 0.191 e. The van der Waals surface area contributed by atoms with Gasteiger partial charge in [-0.25, -0.2) is 9.67 Å². The van der Waals surface area contributed by atoms with Gasteiger partial charge in [-0.1, -0.05) is 0 Å². The third-order valence-electron chi connectivity index (χ3n) is 3.56. The minimum atomic E-state index is 0.667. The number of hydrogen-bond acceptors (Lipinski definition) is 3. The summed E-state index contributed by atoms with van der Waals surface area (Å²) in [6.07, 6.45) is 9.50. The lowest BCUT2D eigenvalue weighted by molar-refractivity contribution is 0.665. The van der Waals surface area contributed by atoms with Crippen molar-refractivity contribution < 1.29 is 0 Å². The second kappa shape index (κ2) is 7.96. The summed E-state index contributed by atoms with van der Waals surface area (Å²) < 4.78 is 3.87. The Kier molecular flexibility index (Phi) is 5.24. The molecule has 24 heavy (non-hydrogen) atoms. The van der Waals surface area contributed by atoms with Crippen LogP contribution in [-0.4, -0.2) is 38.9 Å². The van der Waals surface area contributed by atoms with E-state index in [1.165, 1.54) is 0 Å². The molecule has 3 rings (SSSR count). The zero-order chi connectivity index (χ0) is 16.6. The second-order valence-electron chi connectivity index (χ2n) is 5.25. The second-order valence-corrected chi connectivity index (χ2v) is 5.25. The van der Waals surface area contributed by atoms with Crippen LogP contribution in [0.25, 0.3) is 5.82 Å². The topological polar surface area (TPSA) is 72.1 Å². The molecule has 0 saturated carbocycles. The zero-order valence-corrected chi connectivity index (χ0v) is 13.6. The van der Waals surface area contributed by atoms with E-state index in [1.807, 2.05) is 48.9 Å². The molecule has 0 aliphatic heterocycles. The maximum atomic E-state index is 4.33. The van der Waals surface area contributed by atoms with Crippen molar-refractivity contribution in [3.63, 3.8) is 0 Å². The van der Waals surface area contributed by atoms with Crippen molar-refractivity contribution in [2.24, 2.45) is 4.99 Å². The van der Waals surface area contributed by atoms with Crippen molar-refractivity contribution >= 4 is 5.96 Å². The Balaban J connectivity index is 1.51. The Bertz CT molecular complexity index is 760. The fourth-order valence-electron chi connectivity index (χ4n) is 2.33. The summed E-state index contributed by atoms with van der Waals surface area (Å²) in [5.74, 6) is 1.58. The molecule has 0 atom stereocenters. The van der Waals surface area contributed by atoms with E-state index in [1.54, 1.807) is 24.1 Å². The van der Waals surface area contributed by atoms with Gasteiger partial charge in [-0.3, -0.25) is 4.99 Å². The van der Waals surface area contributed by atoms with Crippen LogP contribution in [0.15, 0.2) is 66.3 Å². The lowest BCUT2D eigenvalue weighted by Crippen LogP contribution is -2.38. The molecule has 0 amide bonds. The highest BCUT2D eigenvalue weighted by Gasteiger charge is 2.02. The number of pyridine rings is 1. The minimum Gasteiger partial charge on any atom is -0.355 e. The maximum absolute atomic E-state index is 4.33. The number of guanidine groups is 1. The van der Waals surface area contributed by atoms with Crippen molar-refractivity contribution in [1.82, 2.24) is 30.0 Å². The molecular weight excluding hydrogens is 302 g/mol. The third kappa shape index (κ3) is 4.22. The molecular formula is C17H21N7. The molecule has 124 valence electrons. The van der Waals surface area contributed by atoms with Gasteiger partial charge < -0.3 is 15.2 Å². The van der Waals surface area contributed by atoms with E-state index in [4.69, 9.17) is 0 Å². The minimum absolute atomic E-state index is 0.667. The van der Waals surface area contributed by atoms with Crippen LogP contribution in [0.2, 0.25) is 0 Å². The third-order valence-corrected chi connectivity index (χ3v) is 3.56. The predicted molar refractivity (Wildman–Crippen MR) is 94.0 cm³/mol.